The maximum Gasteiger partial charge on any atom is 0.347 e. The zero-order valence-corrected chi connectivity index (χ0v) is 18.7. The van der Waals surface area contributed by atoms with Gasteiger partial charge in [-0.15, -0.1) is 0 Å². The molecule has 3 rings (SSSR count). The van der Waals surface area contributed by atoms with Crippen LogP contribution in [0.4, 0.5) is 5.13 Å². The Morgan fingerprint density at radius 1 is 1.40 bits per heavy atom. The summed E-state index contributed by atoms with van der Waals surface area (Å²) in [6, 6.07) is -0.275. The Kier molecular flexibility index (Phi) is 7.59. The number of hydrogen-bond donors (Lipinski definition) is 3. The number of piperidine rings is 1. The number of halogens is 2. The van der Waals surface area contributed by atoms with Crippen LogP contribution in [0.3, 0.4) is 0 Å². The highest BCUT2D eigenvalue weighted by molar-refractivity contribution is 7.17. The van der Waals surface area contributed by atoms with E-state index in [-0.39, 0.29) is 33.6 Å². The minimum Gasteiger partial charge on any atom is -0.477 e. The highest BCUT2D eigenvalue weighted by Gasteiger charge is 2.33. The van der Waals surface area contributed by atoms with E-state index in [1.165, 1.54) is 6.20 Å². The van der Waals surface area contributed by atoms with Gasteiger partial charge in [-0.3, -0.25) is 4.79 Å². The van der Waals surface area contributed by atoms with Crippen LogP contribution in [0, 0.1) is 6.92 Å². The van der Waals surface area contributed by atoms with Crippen LogP contribution >= 0.6 is 34.5 Å². The molecular formula is C18H22Cl2N4O5S. The average Bonchev–Trinajstić information content (AvgIpc) is 3.31. The Labute approximate surface area is 187 Å². The highest BCUT2D eigenvalue weighted by atomic mass is 35.5. The minimum atomic E-state index is -1.01. The number of aromatic amines is 1. The van der Waals surface area contributed by atoms with Gasteiger partial charge in [0, 0.05) is 25.9 Å². The fourth-order valence-corrected chi connectivity index (χ4v) is 4.39. The number of carboxylic acids is 1. The van der Waals surface area contributed by atoms with Crippen LogP contribution in [0.15, 0.2) is 6.20 Å². The summed E-state index contributed by atoms with van der Waals surface area (Å²) in [5.74, 6) is -1.37. The van der Waals surface area contributed by atoms with Crippen LogP contribution < -0.4 is 10.2 Å². The zero-order valence-electron chi connectivity index (χ0n) is 16.4. The Balaban J connectivity index is 1.72. The molecule has 12 heteroatoms. The Morgan fingerprint density at radius 2 is 2.17 bits per heavy atom. The molecule has 0 unspecified atom stereocenters. The molecule has 0 aromatic carbocycles. The van der Waals surface area contributed by atoms with E-state index in [4.69, 9.17) is 37.8 Å². The van der Waals surface area contributed by atoms with E-state index in [9.17, 15) is 9.59 Å². The fraction of sp³-hybridized carbons (Fsp3) is 0.500. The number of nitrogens with zero attached hydrogens (tertiary/aromatic N) is 2. The predicted molar refractivity (Wildman–Crippen MR) is 114 cm³/mol. The van der Waals surface area contributed by atoms with E-state index < -0.39 is 5.97 Å². The monoisotopic (exact) mass is 476 g/mol. The first kappa shape index (κ1) is 22.8. The molecule has 30 heavy (non-hydrogen) atoms. The lowest BCUT2D eigenvalue weighted by Gasteiger charge is -2.38. The number of nitrogens with one attached hydrogen (secondary N) is 2. The second-order valence-electron chi connectivity index (χ2n) is 6.78. The van der Waals surface area contributed by atoms with Crippen molar-refractivity contribution in [3.8, 4) is 0 Å². The summed E-state index contributed by atoms with van der Waals surface area (Å²) < 4.78 is 11.0. The Bertz CT molecular complexity index is 919. The summed E-state index contributed by atoms with van der Waals surface area (Å²) in [5, 5.41) is 13.2. The van der Waals surface area contributed by atoms with Crippen molar-refractivity contribution in [1.29, 1.82) is 0 Å². The first-order chi connectivity index (χ1) is 14.3. The summed E-state index contributed by atoms with van der Waals surface area (Å²) in [6.45, 7) is 3.53. The number of ether oxygens (including phenoxy) is 2. The molecular weight excluding hydrogens is 455 g/mol. The summed E-state index contributed by atoms with van der Waals surface area (Å²) in [5.41, 5.74) is 0.829. The minimum absolute atomic E-state index is 0.172. The Hall–Kier alpha value is -1.85. The first-order valence-corrected chi connectivity index (χ1v) is 10.8. The third kappa shape index (κ3) is 5.06. The molecule has 0 radical (unpaired) electrons. The number of aromatic carboxylic acids is 1. The van der Waals surface area contributed by atoms with Crippen molar-refractivity contribution in [2.24, 2.45) is 0 Å². The number of rotatable bonds is 8. The predicted octanol–water partition coefficient (Wildman–Crippen LogP) is 2.82. The largest absolute Gasteiger partial charge is 0.477 e. The number of aromatic nitrogens is 2. The third-order valence-electron chi connectivity index (χ3n) is 4.75. The molecule has 9 nitrogen and oxygen atoms in total. The van der Waals surface area contributed by atoms with Gasteiger partial charge in [0.15, 0.2) is 5.13 Å². The van der Waals surface area contributed by atoms with Gasteiger partial charge in [-0.1, -0.05) is 34.5 Å². The van der Waals surface area contributed by atoms with Crippen molar-refractivity contribution in [1.82, 2.24) is 15.3 Å². The van der Waals surface area contributed by atoms with Gasteiger partial charge in [0.1, 0.15) is 10.6 Å². The van der Waals surface area contributed by atoms with Gasteiger partial charge in [0.2, 0.25) is 0 Å². The molecule has 3 N–H and O–H groups in total. The van der Waals surface area contributed by atoms with Gasteiger partial charge in [0.05, 0.1) is 41.6 Å². The number of carbonyl (C=O) groups is 2. The van der Waals surface area contributed by atoms with Crippen LogP contribution in [0.2, 0.25) is 10.0 Å². The van der Waals surface area contributed by atoms with Crippen LogP contribution in [0.25, 0.3) is 0 Å². The normalized spacial score (nSPS) is 19.1. The van der Waals surface area contributed by atoms with E-state index in [0.717, 1.165) is 11.3 Å². The van der Waals surface area contributed by atoms with Crippen molar-refractivity contribution in [2.45, 2.75) is 25.5 Å². The van der Waals surface area contributed by atoms with Crippen LogP contribution in [0.5, 0.6) is 0 Å². The van der Waals surface area contributed by atoms with Crippen molar-refractivity contribution < 1.29 is 24.2 Å². The van der Waals surface area contributed by atoms with E-state index >= 15 is 0 Å². The number of hydrogen-bond acceptors (Lipinski definition) is 7. The molecule has 0 bridgehead atoms. The molecule has 2 aromatic heterocycles. The van der Waals surface area contributed by atoms with E-state index in [1.54, 1.807) is 14.0 Å². The topological polar surface area (TPSA) is 117 Å². The quantitative estimate of drug-likeness (QED) is 0.501. The van der Waals surface area contributed by atoms with Gasteiger partial charge in [0.25, 0.3) is 5.91 Å². The third-order valence-corrected chi connectivity index (χ3v) is 6.74. The van der Waals surface area contributed by atoms with Gasteiger partial charge in [-0.05, 0) is 13.3 Å². The van der Waals surface area contributed by atoms with E-state index in [1.807, 2.05) is 4.90 Å². The lowest BCUT2D eigenvalue weighted by Crippen LogP contribution is -2.55. The van der Waals surface area contributed by atoms with Crippen LogP contribution in [0.1, 0.15) is 32.3 Å². The Morgan fingerprint density at radius 3 is 2.77 bits per heavy atom. The van der Waals surface area contributed by atoms with Crippen LogP contribution in [-0.4, -0.2) is 72.5 Å². The van der Waals surface area contributed by atoms with Crippen molar-refractivity contribution in [2.75, 3.05) is 38.3 Å². The van der Waals surface area contributed by atoms with Crippen molar-refractivity contribution in [3.63, 3.8) is 0 Å². The number of carboxylic acid groups (broad SMARTS) is 1. The van der Waals surface area contributed by atoms with E-state index in [2.05, 4.69) is 15.3 Å². The van der Waals surface area contributed by atoms with E-state index in [0.29, 0.717) is 48.6 Å². The first-order valence-electron chi connectivity index (χ1n) is 9.20. The molecule has 1 saturated heterocycles. The molecule has 1 amide bonds. The van der Waals surface area contributed by atoms with Gasteiger partial charge < -0.3 is 29.8 Å². The standard InChI is InChI=1S/C18H22Cl2N4O5S/c1-9-13(19)14(20)15(22-9)16(25)23-10-3-4-24(8-11(10)29-6-5-28-2)18-21-7-12(30-18)17(26)27/h7,10-11,22H,3-6,8H2,1-2H3,(H,23,25)(H,26,27)/t10-,11+/m1/s1. The fourth-order valence-electron chi connectivity index (χ4n) is 3.19. The lowest BCUT2D eigenvalue weighted by molar-refractivity contribution is -0.00498. The lowest BCUT2D eigenvalue weighted by atomic mass is 10.0. The number of thiazole rings is 1. The maximum absolute atomic E-state index is 12.7. The maximum atomic E-state index is 12.7. The highest BCUT2D eigenvalue weighted by Crippen LogP contribution is 2.30. The second-order valence-corrected chi connectivity index (χ2v) is 8.55. The SMILES string of the molecule is COCCO[C@H]1CN(c2ncc(C(=O)O)s2)CC[C@H]1NC(=O)c1[nH]c(C)c(Cl)c1Cl. The molecule has 1 aliphatic rings. The molecule has 3 heterocycles. The summed E-state index contributed by atoms with van der Waals surface area (Å²) in [4.78, 5) is 33.1. The molecule has 0 aliphatic carbocycles. The van der Waals surface area contributed by atoms with Crippen molar-refractivity contribution in [3.05, 3.63) is 32.5 Å². The second kappa shape index (κ2) is 9.97. The number of anilines is 1. The molecule has 0 saturated carbocycles. The van der Waals surface area contributed by atoms with Crippen LogP contribution in [-0.2, 0) is 9.47 Å². The molecule has 1 aliphatic heterocycles. The zero-order chi connectivity index (χ0) is 21.8. The molecule has 2 aromatic rings. The average molecular weight is 477 g/mol. The summed E-state index contributed by atoms with van der Waals surface area (Å²) in [6.07, 6.45) is 1.58. The molecule has 164 valence electrons. The van der Waals surface area contributed by atoms with Gasteiger partial charge in [-0.2, -0.15) is 0 Å². The number of aryl methyl sites for hydroxylation is 1. The van der Waals surface area contributed by atoms with Crippen molar-refractivity contribution >= 4 is 51.5 Å². The number of amides is 1. The molecule has 2 atom stereocenters. The smallest absolute Gasteiger partial charge is 0.347 e. The molecule has 1 fully saturated rings. The van der Waals surface area contributed by atoms with Gasteiger partial charge in [-0.25, -0.2) is 9.78 Å². The number of carbonyl (C=O) groups excluding carboxylic acids is 1. The molecule has 0 spiro atoms. The summed E-state index contributed by atoms with van der Waals surface area (Å²) >= 11 is 13.3. The summed E-state index contributed by atoms with van der Waals surface area (Å²) in [7, 11) is 1.58. The number of H-pyrrole nitrogens is 1. The van der Waals surface area contributed by atoms with Gasteiger partial charge >= 0.3 is 5.97 Å². The number of methoxy groups -OCH3 is 1.